The quantitative estimate of drug-likeness (QED) is 0.313. The number of hydrogen-bond acceptors (Lipinski definition) is 6. The molecule has 0 aliphatic heterocycles. The first-order chi connectivity index (χ1) is 17.7. The van der Waals surface area contributed by atoms with Crippen molar-refractivity contribution in [3.8, 4) is 22.5 Å². The van der Waals surface area contributed by atoms with Crippen molar-refractivity contribution in [2.75, 3.05) is 5.32 Å². The molecule has 5 rings (SSSR count). The lowest BCUT2D eigenvalue weighted by molar-refractivity contribution is 0.491. The molecule has 2 N–H and O–H groups in total. The lowest BCUT2D eigenvalue weighted by atomic mass is 10.1. The summed E-state index contributed by atoms with van der Waals surface area (Å²) in [5.41, 5.74) is 3.90. The van der Waals surface area contributed by atoms with E-state index < -0.39 is 15.6 Å². The highest BCUT2D eigenvalue weighted by Gasteiger charge is 2.24. The molecular formula is C28H28N6O2S. The molecule has 3 heterocycles. The zero-order valence-corrected chi connectivity index (χ0v) is 21.7. The normalized spacial score (nSPS) is 12.1. The summed E-state index contributed by atoms with van der Waals surface area (Å²) >= 11 is 0. The van der Waals surface area contributed by atoms with E-state index >= 15 is 0 Å². The van der Waals surface area contributed by atoms with Gasteiger partial charge in [-0.25, -0.2) is 13.1 Å². The molecule has 0 aliphatic carbocycles. The fourth-order valence-corrected chi connectivity index (χ4v) is 5.55. The van der Waals surface area contributed by atoms with Gasteiger partial charge < -0.3 is 5.32 Å². The van der Waals surface area contributed by atoms with Crippen molar-refractivity contribution in [1.82, 2.24) is 24.3 Å². The van der Waals surface area contributed by atoms with E-state index in [4.69, 9.17) is 0 Å². The highest BCUT2D eigenvalue weighted by Crippen LogP contribution is 2.33. The molecule has 0 radical (unpaired) electrons. The summed E-state index contributed by atoms with van der Waals surface area (Å²) in [5.74, 6) is 1.12. The molecular weight excluding hydrogens is 484 g/mol. The number of pyridine rings is 1. The van der Waals surface area contributed by atoms with Gasteiger partial charge in [-0.05, 0) is 44.0 Å². The number of hydrogen-bond donors (Lipinski definition) is 2. The van der Waals surface area contributed by atoms with Crippen LogP contribution in [0.25, 0.3) is 28.0 Å². The Bertz CT molecular complexity index is 1640. The molecule has 0 atom stereocenters. The first-order valence-electron chi connectivity index (χ1n) is 11.9. The Morgan fingerprint density at radius 1 is 0.865 bits per heavy atom. The Labute approximate surface area is 216 Å². The fourth-order valence-electron chi connectivity index (χ4n) is 4.14. The summed E-state index contributed by atoms with van der Waals surface area (Å²) in [6, 6.07) is 23.7. The van der Waals surface area contributed by atoms with Crippen molar-refractivity contribution in [1.29, 1.82) is 0 Å². The maximum absolute atomic E-state index is 13.0. The van der Waals surface area contributed by atoms with Crippen molar-refractivity contribution in [3.63, 3.8) is 0 Å². The minimum absolute atomic E-state index is 0.0663. The minimum atomic E-state index is -3.77. The van der Waals surface area contributed by atoms with Gasteiger partial charge in [0.15, 0.2) is 11.6 Å². The Morgan fingerprint density at radius 2 is 1.57 bits per heavy atom. The number of nitrogens with one attached hydrogen (secondary N) is 2. The molecule has 0 amide bonds. The second-order valence-corrected chi connectivity index (χ2v) is 11.5. The van der Waals surface area contributed by atoms with Crippen LogP contribution in [0.4, 0.5) is 5.82 Å². The van der Waals surface area contributed by atoms with Crippen LogP contribution in [0.3, 0.4) is 0 Å². The third-order valence-corrected chi connectivity index (χ3v) is 7.42. The summed E-state index contributed by atoms with van der Waals surface area (Å²) < 4.78 is 30.5. The zero-order valence-electron chi connectivity index (χ0n) is 20.9. The molecule has 0 saturated carbocycles. The highest BCUT2D eigenvalue weighted by atomic mass is 32.2. The molecule has 2 aromatic carbocycles. The van der Waals surface area contributed by atoms with Crippen LogP contribution >= 0.6 is 0 Å². The molecule has 0 fully saturated rings. The van der Waals surface area contributed by atoms with E-state index in [1.807, 2.05) is 77.3 Å². The topological polar surface area (TPSA) is 101 Å². The molecule has 9 heteroatoms. The number of sulfonamides is 1. The van der Waals surface area contributed by atoms with Crippen LogP contribution in [-0.4, -0.2) is 33.5 Å². The lowest BCUT2D eigenvalue weighted by Gasteiger charge is -2.20. The van der Waals surface area contributed by atoms with Crippen LogP contribution in [0.1, 0.15) is 26.3 Å². The van der Waals surface area contributed by atoms with Crippen molar-refractivity contribution >= 4 is 21.4 Å². The molecule has 37 heavy (non-hydrogen) atoms. The predicted octanol–water partition coefficient (Wildman–Crippen LogP) is 5.15. The van der Waals surface area contributed by atoms with Crippen molar-refractivity contribution in [3.05, 3.63) is 97.0 Å². The van der Waals surface area contributed by atoms with E-state index in [1.165, 1.54) is 6.20 Å². The van der Waals surface area contributed by atoms with Gasteiger partial charge in [0.2, 0.25) is 10.0 Å². The SMILES string of the molecule is CC(C)(C)NS(=O)(=O)c1cncc(-c2nnc(NCc3ccccc3)c3c(-c4ccccc4)ccn23)c1. The largest absolute Gasteiger partial charge is 0.363 e. The number of anilines is 1. The molecule has 5 aromatic rings. The van der Waals surface area contributed by atoms with Gasteiger partial charge in [-0.15, -0.1) is 10.2 Å². The Morgan fingerprint density at radius 3 is 2.27 bits per heavy atom. The zero-order chi connectivity index (χ0) is 26.0. The van der Waals surface area contributed by atoms with Gasteiger partial charge in [0.25, 0.3) is 0 Å². The first-order valence-corrected chi connectivity index (χ1v) is 13.4. The van der Waals surface area contributed by atoms with Crippen LogP contribution < -0.4 is 10.0 Å². The van der Waals surface area contributed by atoms with Crippen LogP contribution in [0.2, 0.25) is 0 Å². The average molecular weight is 513 g/mol. The summed E-state index contributed by atoms with van der Waals surface area (Å²) in [6.07, 6.45) is 4.85. The highest BCUT2D eigenvalue weighted by molar-refractivity contribution is 7.89. The van der Waals surface area contributed by atoms with Crippen molar-refractivity contribution in [2.45, 2.75) is 37.8 Å². The summed E-state index contributed by atoms with van der Waals surface area (Å²) in [7, 11) is -3.77. The van der Waals surface area contributed by atoms with Gasteiger partial charge in [0.05, 0.1) is 5.52 Å². The number of aromatic nitrogens is 4. The average Bonchev–Trinajstić information content (AvgIpc) is 3.33. The first kappa shape index (κ1) is 24.6. The fraction of sp³-hybridized carbons (Fsp3) is 0.179. The molecule has 0 saturated heterocycles. The van der Waals surface area contributed by atoms with Gasteiger partial charge in [-0.3, -0.25) is 9.38 Å². The predicted molar refractivity (Wildman–Crippen MR) is 145 cm³/mol. The van der Waals surface area contributed by atoms with Gasteiger partial charge in [-0.2, -0.15) is 0 Å². The molecule has 0 bridgehead atoms. The summed E-state index contributed by atoms with van der Waals surface area (Å²) in [5, 5.41) is 12.4. The number of benzene rings is 2. The number of rotatable bonds is 7. The molecule has 3 aromatic heterocycles. The molecule has 0 aliphatic rings. The van der Waals surface area contributed by atoms with E-state index in [0.29, 0.717) is 23.8 Å². The van der Waals surface area contributed by atoms with Gasteiger partial charge in [-0.1, -0.05) is 60.7 Å². The smallest absolute Gasteiger partial charge is 0.242 e. The standard InChI is InChI=1S/C28H28N6O2S/c1-28(2,3)33-37(35,36)23-16-22(18-29-19-23)27-32-31-26(30-17-20-10-6-4-7-11-20)25-24(14-15-34(25)27)21-12-8-5-9-13-21/h4-16,18-19,33H,17H2,1-3H3,(H,30,31). The van der Waals surface area contributed by atoms with Crippen LogP contribution in [0, 0.1) is 0 Å². The molecule has 0 spiro atoms. The lowest BCUT2D eigenvalue weighted by Crippen LogP contribution is -2.40. The minimum Gasteiger partial charge on any atom is -0.363 e. The monoisotopic (exact) mass is 512 g/mol. The molecule has 8 nitrogen and oxygen atoms in total. The molecule has 188 valence electrons. The third kappa shape index (κ3) is 5.37. The summed E-state index contributed by atoms with van der Waals surface area (Å²) in [6.45, 7) is 5.96. The second kappa shape index (κ2) is 9.76. The summed E-state index contributed by atoms with van der Waals surface area (Å²) in [4.78, 5) is 4.28. The Balaban J connectivity index is 1.62. The molecule has 0 unspecified atom stereocenters. The maximum Gasteiger partial charge on any atom is 0.242 e. The van der Waals surface area contributed by atoms with E-state index in [1.54, 1.807) is 33.0 Å². The Kier molecular flexibility index (Phi) is 6.49. The van der Waals surface area contributed by atoms with Crippen molar-refractivity contribution < 1.29 is 8.42 Å². The Hall–Kier alpha value is -4.08. The van der Waals surface area contributed by atoms with Gasteiger partial charge in [0.1, 0.15) is 4.90 Å². The van der Waals surface area contributed by atoms with Gasteiger partial charge >= 0.3 is 0 Å². The van der Waals surface area contributed by atoms with E-state index in [2.05, 4.69) is 25.2 Å². The van der Waals surface area contributed by atoms with Crippen molar-refractivity contribution in [2.24, 2.45) is 0 Å². The van der Waals surface area contributed by atoms with Crippen LogP contribution in [-0.2, 0) is 16.6 Å². The number of nitrogens with zero attached hydrogens (tertiary/aromatic N) is 4. The van der Waals surface area contributed by atoms with Crippen LogP contribution in [0.15, 0.2) is 96.3 Å². The second-order valence-electron chi connectivity index (χ2n) is 9.79. The maximum atomic E-state index is 13.0. The van der Waals surface area contributed by atoms with E-state index in [-0.39, 0.29) is 4.90 Å². The third-order valence-electron chi connectivity index (χ3n) is 5.69. The van der Waals surface area contributed by atoms with E-state index in [0.717, 1.165) is 22.2 Å². The number of fused-ring (bicyclic) bond motifs is 1. The van der Waals surface area contributed by atoms with Crippen LogP contribution in [0.5, 0.6) is 0 Å². The van der Waals surface area contributed by atoms with Gasteiger partial charge in [0, 0.05) is 41.8 Å². The van der Waals surface area contributed by atoms with E-state index in [9.17, 15) is 8.42 Å².